The van der Waals surface area contributed by atoms with Gasteiger partial charge < -0.3 is 10.1 Å². The Hall–Kier alpha value is -3.13. The van der Waals surface area contributed by atoms with Gasteiger partial charge in [-0.05, 0) is 43.5 Å². The van der Waals surface area contributed by atoms with Crippen LogP contribution < -0.4 is 10.2 Å². The van der Waals surface area contributed by atoms with Crippen LogP contribution in [0.5, 0.6) is 0 Å². The lowest BCUT2D eigenvalue weighted by Gasteiger charge is -2.28. The highest BCUT2D eigenvalue weighted by atomic mass is 19.3. The summed E-state index contributed by atoms with van der Waals surface area (Å²) < 4.78 is 33.1. The molecule has 33 heavy (non-hydrogen) atoms. The molecule has 1 fully saturated rings. The lowest BCUT2D eigenvalue weighted by molar-refractivity contribution is 0.138. The molecule has 6 nitrogen and oxygen atoms in total. The summed E-state index contributed by atoms with van der Waals surface area (Å²) in [6.07, 6.45) is -2.43. The molecule has 2 aromatic carbocycles. The summed E-state index contributed by atoms with van der Waals surface area (Å²) in [7, 11) is 0. The van der Waals surface area contributed by atoms with Crippen LogP contribution in [0.25, 0.3) is 22.3 Å². The van der Waals surface area contributed by atoms with E-state index in [4.69, 9.17) is 4.74 Å². The number of carbonyl (C=O) groups excluding carboxylic acids is 1. The minimum atomic E-state index is -2.67. The van der Waals surface area contributed by atoms with Crippen LogP contribution in [0.2, 0.25) is 0 Å². The Labute approximate surface area is 192 Å². The van der Waals surface area contributed by atoms with E-state index in [1.165, 1.54) is 6.07 Å². The number of halogens is 2. The number of nitrogens with one attached hydrogen (secondary N) is 1. The predicted molar refractivity (Wildman–Crippen MR) is 125 cm³/mol. The molecular weight excluding hydrogens is 426 g/mol. The van der Waals surface area contributed by atoms with Gasteiger partial charge in [0.25, 0.3) is 6.43 Å². The molecule has 0 unspecified atom stereocenters. The summed E-state index contributed by atoms with van der Waals surface area (Å²) in [6, 6.07) is 11.7. The Bertz CT molecular complexity index is 1150. The second-order valence-corrected chi connectivity index (χ2v) is 8.77. The molecule has 0 spiro atoms. The minimum Gasteiger partial charge on any atom is -0.449 e. The van der Waals surface area contributed by atoms with E-state index in [2.05, 4.69) is 15.3 Å². The maximum absolute atomic E-state index is 13.8. The minimum absolute atomic E-state index is 0.146. The van der Waals surface area contributed by atoms with E-state index in [1.54, 1.807) is 23.1 Å². The molecule has 0 bridgehead atoms. The summed E-state index contributed by atoms with van der Waals surface area (Å²) >= 11 is 0. The molecule has 0 saturated carbocycles. The van der Waals surface area contributed by atoms with Gasteiger partial charge in [0, 0.05) is 23.1 Å². The maximum atomic E-state index is 13.8. The zero-order valence-corrected chi connectivity index (χ0v) is 19.0. The van der Waals surface area contributed by atoms with E-state index in [9.17, 15) is 13.6 Å². The highest BCUT2D eigenvalue weighted by Crippen LogP contribution is 2.34. The molecule has 174 valence electrons. The number of hydrogen-bond donors (Lipinski definition) is 1. The Morgan fingerprint density at radius 2 is 2.00 bits per heavy atom. The zero-order chi connectivity index (χ0) is 23.5. The molecule has 2 heterocycles. The smallest absolute Gasteiger partial charge is 0.415 e. The van der Waals surface area contributed by atoms with Gasteiger partial charge in [-0.1, -0.05) is 44.2 Å². The van der Waals surface area contributed by atoms with E-state index in [1.807, 2.05) is 39.0 Å². The van der Waals surface area contributed by atoms with Gasteiger partial charge in [0.1, 0.15) is 5.82 Å². The standard InChI is InChI=1S/C25H28F2N4O2/c1-15(2)14-33-25(32)31(17-10-11-28-13-17)24-20-9-8-16(3)12-21(20)29-23(30-24)19-7-5-4-6-18(19)22(26)27/h4-9,12,15,17,22,28H,10-11,13-14H2,1-3H3/t17-/m1/s1. The van der Waals surface area contributed by atoms with E-state index in [0.717, 1.165) is 18.5 Å². The summed E-state index contributed by atoms with van der Waals surface area (Å²) in [6.45, 7) is 7.51. The summed E-state index contributed by atoms with van der Waals surface area (Å²) in [5.74, 6) is 0.712. The third-order valence-corrected chi connectivity index (χ3v) is 5.63. The van der Waals surface area contributed by atoms with E-state index in [0.29, 0.717) is 23.3 Å². The summed E-state index contributed by atoms with van der Waals surface area (Å²) in [5, 5.41) is 3.95. The van der Waals surface area contributed by atoms with Crippen molar-refractivity contribution in [3.63, 3.8) is 0 Å². The first-order chi connectivity index (χ1) is 15.8. The molecule has 4 rings (SSSR count). The average Bonchev–Trinajstić information content (AvgIpc) is 3.31. The van der Waals surface area contributed by atoms with Crippen LogP contribution in [0.3, 0.4) is 0 Å². The third-order valence-electron chi connectivity index (χ3n) is 5.63. The molecule has 1 aliphatic rings. The second kappa shape index (κ2) is 9.79. The number of aromatic nitrogens is 2. The number of aryl methyl sites for hydroxylation is 1. The quantitative estimate of drug-likeness (QED) is 0.532. The normalized spacial score (nSPS) is 16.0. The van der Waals surface area contributed by atoms with Gasteiger partial charge in [-0.3, -0.25) is 4.90 Å². The van der Waals surface area contributed by atoms with Crippen molar-refractivity contribution in [2.45, 2.75) is 39.7 Å². The van der Waals surface area contributed by atoms with Crippen LogP contribution in [0.4, 0.5) is 19.4 Å². The average molecular weight is 455 g/mol. The Morgan fingerprint density at radius 1 is 1.21 bits per heavy atom. The van der Waals surface area contributed by atoms with Gasteiger partial charge in [0.15, 0.2) is 5.82 Å². The molecular formula is C25H28F2N4O2. The highest BCUT2D eigenvalue weighted by Gasteiger charge is 2.32. The molecule has 1 amide bonds. The lowest BCUT2D eigenvalue weighted by Crippen LogP contribution is -2.43. The first-order valence-electron chi connectivity index (χ1n) is 11.2. The maximum Gasteiger partial charge on any atom is 0.415 e. The predicted octanol–water partition coefficient (Wildman–Crippen LogP) is 5.50. The van der Waals surface area contributed by atoms with Gasteiger partial charge >= 0.3 is 6.09 Å². The third kappa shape index (κ3) is 4.95. The summed E-state index contributed by atoms with van der Waals surface area (Å²) in [4.78, 5) is 24.1. The highest BCUT2D eigenvalue weighted by molar-refractivity contribution is 6.00. The van der Waals surface area contributed by atoms with Crippen LogP contribution in [-0.2, 0) is 4.74 Å². The van der Waals surface area contributed by atoms with Crippen molar-refractivity contribution in [1.82, 2.24) is 15.3 Å². The Balaban J connectivity index is 1.91. The fourth-order valence-electron chi connectivity index (χ4n) is 3.99. The van der Waals surface area contributed by atoms with Gasteiger partial charge in [0.2, 0.25) is 0 Å². The zero-order valence-electron chi connectivity index (χ0n) is 19.0. The molecule has 1 aromatic heterocycles. The van der Waals surface area contributed by atoms with Crippen molar-refractivity contribution >= 4 is 22.8 Å². The summed E-state index contributed by atoms with van der Waals surface area (Å²) in [5.41, 5.74) is 1.66. The van der Waals surface area contributed by atoms with E-state index in [-0.39, 0.29) is 35.5 Å². The van der Waals surface area contributed by atoms with Crippen LogP contribution >= 0.6 is 0 Å². The lowest BCUT2D eigenvalue weighted by atomic mass is 10.1. The van der Waals surface area contributed by atoms with Crippen molar-refractivity contribution in [1.29, 1.82) is 0 Å². The molecule has 1 atom stereocenters. The molecule has 8 heteroatoms. The van der Waals surface area contributed by atoms with Crippen molar-refractivity contribution < 1.29 is 18.3 Å². The topological polar surface area (TPSA) is 67.3 Å². The number of carbonyl (C=O) groups is 1. The fourth-order valence-corrected chi connectivity index (χ4v) is 3.99. The van der Waals surface area contributed by atoms with Crippen LogP contribution in [0, 0.1) is 12.8 Å². The fraction of sp³-hybridized carbons (Fsp3) is 0.400. The number of anilines is 1. The SMILES string of the molecule is Cc1ccc2c(N(C(=O)OCC(C)C)[C@@H]3CCNC3)nc(-c3ccccc3C(F)F)nc2c1. The number of benzene rings is 2. The van der Waals surface area contributed by atoms with Crippen LogP contribution in [0.1, 0.15) is 37.8 Å². The van der Waals surface area contributed by atoms with E-state index >= 15 is 0 Å². The van der Waals surface area contributed by atoms with Gasteiger partial charge in [-0.15, -0.1) is 0 Å². The molecule has 0 radical (unpaired) electrons. The van der Waals surface area contributed by atoms with Crippen molar-refractivity contribution in [2.75, 3.05) is 24.6 Å². The first kappa shape index (κ1) is 23.0. The number of rotatable bonds is 6. The number of fused-ring (bicyclic) bond motifs is 1. The molecule has 3 aromatic rings. The number of hydrogen-bond acceptors (Lipinski definition) is 5. The van der Waals surface area contributed by atoms with Crippen LogP contribution in [0.15, 0.2) is 42.5 Å². The largest absolute Gasteiger partial charge is 0.449 e. The van der Waals surface area contributed by atoms with Gasteiger partial charge in [0.05, 0.1) is 18.2 Å². The number of amides is 1. The number of alkyl halides is 2. The molecule has 1 N–H and O–H groups in total. The first-order valence-corrected chi connectivity index (χ1v) is 11.2. The Kier molecular flexibility index (Phi) is 6.83. The molecule has 1 aliphatic heterocycles. The molecule has 0 aliphatic carbocycles. The van der Waals surface area contributed by atoms with Gasteiger partial charge in [-0.2, -0.15) is 0 Å². The van der Waals surface area contributed by atoms with Crippen molar-refractivity contribution in [3.8, 4) is 11.4 Å². The van der Waals surface area contributed by atoms with Gasteiger partial charge in [-0.25, -0.2) is 23.5 Å². The van der Waals surface area contributed by atoms with Crippen LogP contribution in [-0.4, -0.2) is 41.8 Å². The molecule has 1 saturated heterocycles. The number of ether oxygens (including phenoxy) is 1. The second-order valence-electron chi connectivity index (χ2n) is 8.77. The van der Waals surface area contributed by atoms with Crippen molar-refractivity contribution in [3.05, 3.63) is 53.6 Å². The monoisotopic (exact) mass is 454 g/mol. The Morgan fingerprint density at radius 3 is 2.70 bits per heavy atom. The van der Waals surface area contributed by atoms with Crippen molar-refractivity contribution in [2.24, 2.45) is 5.92 Å². The van der Waals surface area contributed by atoms with E-state index < -0.39 is 12.5 Å². The number of nitrogens with zero attached hydrogens (tertiary/aromatic N) is 3.